The van der Waals surface area contributed by atoms with Crippen LogP contribution in [0.3, 0.4) is 0 Å². The van der Waals surface area contributed by atoms with Crippen molar-refractivity contribution in [2.45, 2.75) is 42.4 Å². The molecule has 24 heavy (non-hydrogen) atoms. The molecule has 0 aliphatic carbocycles. The Morgan fingerprint density at radius 1 is 1.17 bits per heavy atom. The largest absolute Gasteiger partial charge is 0.417 e. The van der Waals surface area contributed by atoms with Crippen molar-refractivity contribution in [3.05, 3.63) is 28.8 Å². The molecule has 2 unspecified atom stereocenters. The number of nitrogens with one attached hydrogen (secondary N) is 1. The van der Waals surface area contributed by atoms with E-state index in [9.17, 15) is 21.6 Å². The van der Waals surface area contributed by atoms with Gasteiger partial charge in [0.2, 0.25) is 10.0 Å². The van der Waals surface area contributed by atoms with Crippen molar-refractivity contribution in [1.29, 1.82) is 0 Å². The monoisotopic (exact) mass is 404 g/mol. The van der Waals surface area contributed by atoms with Crippen molar-refractivity contribution in [1.82, 2.24) is 9.62 Å². The van der Waals surface area contributed by atoms with E-state index in [4.69, 9.17) is 11.6 Å². The molecule has 0 amide bonds. The highest BCUT2D eigenvalue weighted by Gasteiger charge is 2.44. The third-order valence-electron chi connectivity index (χ3n) is 4.41. The normalized spacial score (nSPS) is 25.2. The lowest BCUT2D eigenvalue weighted by Gasteiger charge is -2.27. The minimum Gasteiger partial charge on any atom is -0.315 e. The van der Waals surface area contributed by atoms with Gasteiger partial charge in [0.05, 0.1) is 15.5 Å². The Morgan fingerprint density at radius 3 is 2.50 bits per heavy atom. The predicted octanol–water partition coefficient (Wildman–Crippen LogP) is 3.30. The first-order chi connectivity index (χ1) is 10.7. The summed E-state index contributed by atoms with van der Waals surface area (Å²) < 4.78 is 66.1. The molecule has 1 aromatic carbocycles. The van der Waals surface area contributed by atoms with Crippen LogP contribution in [0.15, 0.2) is 23.1 Å². The summed E-state index contributed by atoms with van der Waals surface area (Å²) in [7, 11) is -3.99. The van der Waals surface area contributed by atoms with E-state index >= 15 is 0 Å². The lowest BCUT2D eigenvalue weighted by molar-refractivity contribution is -0.137. The van der Waals surface area contributed by atoms with E-state index in [0.29, 0.717) is 25.6 Å². The number of halogens is 5. The number of hydrogen-bond acceptors (Lipinski definition) is 3. The van der Waals surface area contributed by atoms with Gasteiger partial charge in [-0.15, -0.1) is 12.4 Å². The molecule has 0 radical (unpaired) electrons. The zero-order chi connectivity index (χ0) is 16.8. The molecule has 136 valence electrons. The second-order valence-corrected chi connectivity index (χ2v) is 8.10. The van der Waals surface area contributed by atoms with Crippen LogP contribution in [-0.2, 0) is 16.2 Å². The highest BCUT2D eigenvalue weighted by atomic mass is 35.5. The van der Waals surface area contributed by atoms with Gasteiger partial charge in [0.25, 0.3) is 0 Å². The van der Waals surface area contributed by atoms with Gasteiger partial charge in [-0.25, -0.2) is 8.42 Å². The van der Waals surface area contributed by atoms with Crippen molar-refractivity contribution in [3.8, 4) is 0 Å². The van der Waals surface area contributed by atoms with Gasteiger partial charge < -0.3 is 5.32 Å². The summed E-state index contributed by atoms with van der Waals surface area (Å²) >= 11 is 5.57. The Morgan fingerprint density at radius 2 is 1.83 bits per heavy atom. The second kappa shape index (κ2) is 6.99. The molecule has 2 bridgehead atoms. The summed E-state index contributed by atoms with van der Waals surface area (Å²) in [5, 5.41) is 2.67. The Balaban J connectivity index is 0.00000208. The zero-order valence-corrected chi connectivity index (χ0v) is 14.9. The summed E-state index contributed by atoms with van der Waals surface area (Å²) in [6, 6.07) is 2.40. The molecule has 2 fully saturated rings. The third kappa shape index (κ3) is 3.53. The Bertz CT molecular complexity index is 698. The molecule has 2 saturated heterocycles. The van der Waals surface area contributed by atoms with Crippen LogP contribution in [0.25, 0.3) is 0 Å². The van der Waals surface area contributed by atoms with E-state index in [-0.39, 0.29) is 29.4 Å². The van der Waals surface area contributed by atoms with Crippen LogP contribution in [0, 0.1) is 0 Å². The molecule has 0 aromatic heterocycles. The van der Waals surface area contributed by atoms with Crippen molar-refractivity contribution < 1.29 is 21.6 Å². The highest BCUT2D eigenvalue weighted by molar-refractivity contribution is 7.89. The maximum atomic E-state index is 13.0. The SMILES string of the molecule is Cl.O=S(=O)(c1ccc(Cl)c(C(F)(F)F)c1)N1C2CCNCC1CC2. The third-order valence-corrected chi connectivity index (χ3v) is 6.74. The number of nitrogens with zero attached hydrogens (tertiary/aromatic N) is 1. The summed E-state index contributed by atoms with van der Waals surface area (Å²) in [6.45, 7) is 1.23. The minimum absolute atomic E-state index is 0. The summed E-state index contributed by atoms with van der Waals surface area (Å²) in [5.41, 5.74) is -1.12. The molecule has 1 N–H and O–H groups in total. The van der Waals surface area contributed by atoms with Gasteiger partial charge in [0.1, 0.15) is 0 Å². The van der Waals surface area contributed by atoms with E-state index in [0.717, 1.165) is 25.0 Å². The van der Waals surface area contributed by atoms with E-state index in [2.05, 4.69) is 5.32 Å². The van der Waals surface area contributed by atoms with Crippen molar-refractivity contribution in [3.63, 3.8) is 0 Å². The van der Waals surface area contributed by atoms with Crippen LogP contribution in [0.5, 0.6) is 0 Å². The number of fused-ring (bicyclic) bond motifs is 2. The summed E-state index contributed by atoms with van der Waals surface area (Å²) in [5.74, 6) is 0. The second-order valence-electron chi connectivity index (χ2n) is 5.85. The Kier molecular flexibility index (Phi) is 5.76. The molecular weight excluding hydrogens is 388 g/mol. The number of rotatable bonds is 2. The van der Waals surface area contributed by atoms with Crippen molar-refractivity contribution in [2.75, 3.05) is 13.1 Å². The first-order valence-electron chi connectivity index (χ1n) is 7.32. The summed E-state index contributed by atoms with van der Waals surface area (Å²) in [6.07, 6.45) is -2.57. The number of hydrogen-bond donors (Lipinski definition) is 1. The van der Waals surface area contributed by atoms with Crippen LogP contribution in [0.4, 0.5) is 13.2 Å². The quantitative estimate of drug-likeness (QED) is 0.822. The van der Waals surface area contributed by atoms with Crippen LogP contribution in [0.1, 0.15) is 24.8 Å². The molecule has 2 heterocycles. The van der Waals surface area contributed by atoms with Gasteiger partial charge in [-0.2, -0.15) is 17.5 Å². The molecule has 2 atom stereocenters. The summed E-state index contributed by atoms with van der Waals surface area (Å²) in [4.78, 5) is -0.354. The van der Waals surface area contributed by atoms with Crippen LogP contribution in [0.2, 0.25) is 5.02 Å². The first kappa shape index (κ1) is 19.8. The molecular formula is C14H17Cl2F3N2O2S. The van der Waals surface area contributed by atoms with E-state index in [1.165, 1.54) is 4.31 Å². The zero-order valence-electron chi connectivity index (χ0n) is 12.5. The van der Waals surface area contributed by atoms with Crippen molar-refractivity contribution >= 4 is 34.0 Å². The van der Waals surface area contributed by atoms with Gasteiger partial charge in [0, 0.05) is 18.6 Å². The van der Waals surface area contributed by atoms with Gasteiger partial charge in [0.15, 0.2) is 0 Å². The van der Waals surface area contributed by atoms with Crippen LogP contribution < -0.4 is 5.32 Å². The smallest absolute Gasteiger partial charge is 0.315 e. The first-order valence-corrected chi connectivity index (χ1v) is 9.14. The van der Waals surface area contributed by atoms with E-state index < -0.39 is 26.8 Å². The van der Waals surface area contributed by atoms with Gasteiger partial charge in [-0.05, 0) is 44.0 Å². The molecule has 2 aliphatic rings. The number of sulfonamides is 1. The van der Waals surface area contributed by atoms with Gasteiger partial charge >= 0.3 is 6.18 Å². The highest BCUT2D eigenvalue weighted by Crippen LogP contribution is 2.38. The molecule has 2 aliphatic heterocycles. The molecule has 4 nitrogen and oxygen atoms in total. The fourth-order valence-electron chi connectivity index (χ4n) is 3.33. The number of benzene rings is 1. The molecule has 0 saturated carbocycles. The maximum Gasteiger partial charge on any atom is 0.417 e. The molecule has 10 heteroatoms. The minimum atomic E-state index is -4.69. The molecule has 1 aromatic rings. The fourth-order valence-corrected chi connectivity index (χ4v) is 5.49. The fraction of sp³-hybridized carbons (Fsp3) is 0.571. The molecule has 3 rings (SSSR count). The molecule has 0 spiro atoms. The van der Waals surface area contributed by atoms with Crippen LogP contribution >= 0.6 is 24.0 Å². The average Bonchev–Trinajstić information content (AvgIpc) is 2.71. The van der Waals surface area contributed by atoms with E-state index in [1.54, 1.807) is 0 Å². The predicted molar refractivity (Wildman–Crippen MR) is 87.0 cm³/mol. The van der Waals surface area contributed by atoms with Gasteiger partial charge in [-0.3, -0.25) is 0 Å². The van der Waals surface area contributed by atoms with E-state index in [1.807, 2.05) is 0 Å². The van der Waals surface area contributed by atoms with Crippen molar-refractivity contribution in [2.24, 2.45) is 0 Å². The Hall–Kier alpha value is -0.540. The maximum absolute atomic E-state index is 13.0. The standard InChI is InChI=1S/C14H16ClF3N2O2S.ClH/c15-13-4-3-11(7-12(13)14(16,17)18)23(21,22)20-9-1-2-10(20)8-19-6-5-9;/h3-4,7,9-10,19H,1-2,5-6,8H2;1H. The lowest BCUT2D eigenvalue weighted by Crippen LogP contribution is -2.42. The number of alkyl halides is 3. The lowest BCUT2D eigenvalue weighted by atomic mass is 10.1. The topological polar surface area (TPSA) is 49.4 Å². The Labute approximate surface area is 149 Å². The van der Waals surface area contributed by atoms with Crippen LogP contribution in [-0.4, -0.2) is 37.9 Å². The average molecular weight is 405 g/mol. The van der Waals surface area contributed by atoms with Gasteiger partial charge in [-0.1, -0.05) is 11.6 Å².